The van der Waals surface area contributed by atoms with Gasteiger partial charge in [-0.1, -0.05) is 0 Å². The Labute approximate surface area is 175 Å². The van der Waals surface area contributed by atoms with E-state index in [1.807, 2.05) is 22.8 Å². The second kappa shape index (κ2) is 7.11. The molecule has 1 aliphatic rings. The van der Waals surface area contributed by atoms with Crippen LogP contribution in [-0.4, -0.2) is 45.1 Å². The Morgan fingerprint density at radius 2 is 2.00 bits per heavy atom. The summed E-state index contributed by atoms with van der Waals surface area (Å²) >= 11 is 0. The van der Waals surface area contributed by atoms with Gasteiger partial charge in [0.15, 0.2) is 11.6 Å². The highest BCUT2D eigenvalue weighted by atomic mass is 16.5. The Morgan fingerprint density at radius 3 is 2.83 bits per heavy atom. The first-order valence-corrected chi connectivity index (χ1v) is 9.99. The molecule has 2 aromatic heterocycles. The second-order valence-corrected chi connectivity index (χ2v) is 7.85. The van der Waals surface area contributed by atoms with Crippen LogP contribution in [0.15, 0.2) is 42.9 Å². The number of benzene rings is 2. The fourth-order valence-electron chi connectivity index (χ4n) is 4.20. The molecule has 0 bridgehead atoms. The van der Waals surface area contributed by atoms with Gasteiger partial charge in [-0.2, -0.15) is 0 Å². The number of hydrogen-bond acceptors (Lipinski definition) is 6. The molecule has 0 amide bonds. The van der Waals surface area contributed by atoms with E-state index in [-0.39, 0.29) is 0 Å². The molecule has 3 heterocycles. The van der Waals surface area contributed by atoms with Crippen molar-refractivity contribution in [1.29, 1.82) is 0 Å². The minimum Gasteiger partial charge on any atom is -0.497 e. The molecule has 0 atom stereocenters. The van der Waals surface area contributed by atoms with Gasteiger partial charge < -0.3 is 15.4 Å². The van der Waals surface area contributed by atoms with E-state index in [2.05, 4.69) is 41.0 Å². The van der Waals surface area contributed by atoms with Gasteiger partial charge in [0.2, 0.25) is 0 Å². The van der Waals surface area contributed by atoms with Crippen LogP contribution in [0.4, 0.5) is 5.82 Å². The lowest BCUT2D eigenvalue weighted by Gasteiger charge is -2.27. The van der Waals surface area contributed by atoms with Crippen molar-refractivity contribution in [3.05, 3.63) is 59.5 Å². The van der Waals surface area contributed by atoms with E-state index in [1.54, 1.807) is 19.6 Å². The number of nitrogens with zero attached hydrogens (tertiary/aromatic N) is 5. The number of fused-ring (bicyclic) bond motifs is 2. The maximum atomic E-state index is 6.21. The number of hydrogen-bond donors (Lipinski definition) is 1. The van der Waals surface area contributed by atoms with Gasteiger partial charge in [0.25, 0.3) is 0 Å². The van der Waals surface area contributed by atoms with E-state index >= 15 is 0 Å². The topological polar surface area (TPSA) is 82.1 Å². The molecule has 4 aromatic rings. The molecule has 152 valence electrons. The summed E-state index contributed by atoms with van der Waals surface area (Å²) in [6, 6.07) is 10.2. The molecule has 2 aromatic carbocycles. The third-order valence-corrected chi connectivity index (χ3v) is 5.81. The minimum absolute atomic E-state index is 0.364. The van der Waals surface area contributed by atoms with Crippen LogP contribution in [0, 0.1) is 6.92 Å². The van der Waals surface area contributed by atoms with E-state index in [4.69, 9.17) is 15.5 Å². The van der Waals surface area contributed by atoms with E-state index < -0.39 is 0 Å². The van der Waals surface area contributed by atoms with Gasteiger partial charge in [-0.05, 0) is 61.3 Å². The van der Waals surface area contributed by atoms with Crippen LogP contribution in [0.2, 0.25) is 0 Å². The maximum absolute atomic E-state index is 6.21. The molecule has 5 rings (SSSR count). The van der Waals surface area contributed by atoms with E-state index in [0.29, 0.717) is 11.6 Å². The minimum atomic E-state index is 0.364. The van der Waals surface area contributed by atoms with E-state index in [1.165, 1.54) is 16.7 Å². The van der Waals surface area contributed by atoms with Gasteiger partial charge in [0.05, 0.1) is 30.0 Å². The van der Waals surface area contributed by atoms with Crippen LogP contribution in [0.25, 0.3) is 28.1 Å². The molecule has 1 aliphatic heterocycles. The Balaban J connectivity index is 1.61. The van der Waals surface area contributed by atoms with Crippen molar-refractivity contribution >= 4 is 16.9 Å². The summed E-state index contributed by atoms with van der Waals surface area (Å²) in [7, 11) is 3.80. The molecule has 7 heteroatoms. The van der Waals surface area contributed by atoms with Crippen LogP contribution >= 0.6 is 0 Å². The molecule has 0 saturated heterocycles. The average Bonchev–Trinajstić information content (AvgIpc) is 3.16. The Hall–Kier alpha value is -3.45. The Morgan fingerprint density at radius 1 is 1.13 bits per heavy atom. The van der Waals surface area contributed by atoms with Crippen molar-refractivity contribution in [3.63, 3.8) is 0 Å². The molecule has 0 radical (unpaired) electrons. The Kier molecular flexibility index (Phi) is 4.40. The molecule has 0 fully saturated rings. The van der Waals surface area contributed by atoms with Gasteiger partial charge in [-0.25, -0.2) is 15.0 Å². The fourth-order valence-corrected chi connectivity index (χ4v) is 4.20. The molecule has 0 saturated carbocycles. The Bertz CT molecular complexity index is 1260. The SMILES string of the molecule is COc1ccc2c(c1)ncn2-c1nc(-c2cc(C)c3c(c2)CN(C)CC3)cnc1N. The van der Waals surface area contributed by atoms with Crippen molar-refractivity contribution < 1.29 is 4.74 Å². The number of nitrogen functional groups attached to an aromatic ring is 1. The van der Waals surface area contributed by atoms with Gasteiger partial charge in [0.1, 0.15) is 12.1 Å². The lowest BCUT2D eigenvalue weighted by Crippen LogP contribution is -2.27. The highest BCUT2D eigenvalue weighted by Gasteiger charge is 2.18. The third-order valence-electron chi connectivity index (χ3n) is 5.81. The lowest BCUT2D eigenvalue weighted by molar-refractivity contribution is 0.312. The number of rotatable bonds is 3. The van der Waals surface area contributed by atoms with Crippen LogP contribution in [0.1, 0.15) is 16.7 Å². The predicted molar refractivity (Wildman–Crippen MR) is 118 cm³/mol. The summed E-state index contributed by atoms with van der Waals surface area (Å²) < 4.78 is 7.17. The van der Waals surface area contributed by atoms with Crippen molar-refractivity contribution in [1.82, 2.24) is 24.4 Å². The zero-order valence-corrected chi connectivity index (χ0v) is 17.4. The van der Waals surface area contributed by atoms with E-state index in [0.717, 1.165) is 47.6 Å². The van der Waals surface area contributed by atoms with Crippen LogP contribution in [0.3, 0.4) is 0 Å². The number of imidazole rings is 1. The quantitative estimate of drug-likeness (QED) is 0.568. The van der Waals surface area contributed by atoms with Crippen LogP contribution in [-0.2, 0) is 13.0 Å². The summed E-state index contributed by atoms with van der Waals surface area (Å²) in [5.41, 5.74) is 13.9. The zero-order chi connectivity index (χ0) is 20.8. The smallest absolute Gasteiger partial charge is 0.182 e. The first-order valence-electron chi connectivity index (χ1n) is 9.99. The lowest BCUT2D eigenvalue weighted by atomic mass is 9.92. The predicted octanol–water partition coefficient (Wildman–Crippen LogP) is 3.37. The summed E-state index contributed by atoms with van der Waals surface area (Å²) in [6.45, 7) is 4.22. The fraction of sp³-hybridized carbons (Fsp3) is 0.261. The first kappa shape index (κ1) is 18.6. The first-order chi connectivity index (χ1) is 14.5. The van der Waals surface area contributed by atoms with Crippen molar-refractivity contribution in [2.45, 2.75) is 19.9 Å². The largest absolute Gasteiger partial charge is 0.497 e. The average molecular weight is 400 g/mol. The molecule has 0 aliphatic carbocycles. The monoisotopic (exact) mass is 400 g/mol. The molecule has 2 N–H and O–H groups in total. The molecule has 0 spiro atoms. The summed E-state index contributed by atoms with van der Waals surface area (Å²) in [6.07, 6.45) is 4.55. The number of aryl methyl sites for hydroxylation is 1. The standard InChI is InChI=1S/C23H24N6O/c1-14-8-15(9-16-12-28(2)7-6-18(14)16)20-11-25-22(24)23(27-20)29-13-26-19-10-17(30-3)4-5-21(19)29/h4-5,8-11,13H,6-7,12H2,1-3H3,(H2,24,25). The van der Waals surface area contributed by atoms with Crippen molar-refractivity contribution in [3.8, 4) is 22.8 Å². The molecular formula is C23H24N6O. The highest BCUT2D eigenvalue weighted by Crippen LogP contribution is 2.30. The summed E-state index contributed by atoms with van der Waals surface area (Å²) in [5.74, 6) is 1.70. The molecule has 7 nitrogen and oxygen atoms in total. The number of aromatic nitrogens is 4. The number of methoxy groups -OCH3 is 1. The molecular weight excluding hydrogens is 376 g/mol. The second-order valence-electron chi connectivity index (χ2n) is 7.85. The molecule has 0 unspecified atom stereocenters. The van der Waals surface area contributed by atoms with Gasteiger partial charge >= 0.3 is 0 Å². The van der Waals surface area contributed by atoms with Crippen molar-refractivity contribution in [2.75, 3.05) is 26.4 Å². The molecule has 30 heavy (non-hydrogen) atoms. The zero-order valence-electron chi connectivity index (χ0n) is 17.4. The number of ether oxygens (including phenoxy) is 1. The summed E-state index contributed by atoms with van der Waals surface area (Å²) in [5, 5.41) is 0. The highest BCUT2D eigenvalue weighted by molar-refractivity contribution is 5.80. The van der Waals surface area contributed by atoms with Gasteiger partial charge in [-0.3, -0.25) is 4.57 Å². The number of nitrogens with two attached hydrogens (primary N) is 1. The van der Waals surface area contributed by atoms with Crippen LogP contribution < -0.4 is 10.5 Å². The number of anilines is 1. The van der Waals surface area contributed by atoms with E-state index in [9.17, 15) is 0 Å². The van der Waals surface area contributed by atoms with Gasteiger partial charge in [0, 0.05) is 24.7 Å². The summed E-state index contributed by atoms with van der Waals surface area (Å²) in [4.78, 5) is 16.1. The maximum Gasteiger partial charge on any atom is 0.182 e. The van der Waals surface area contributed by atoms with Gasteiger partial charge in [-0.15, -0.1) is 0 Å². The number of likely N-dealkylation sites (N-methyl/N-ethyl adjacent to an activating group) is 1. The van der Waals surface area contributed by atoms with Crippen molar-refractivity contribution in [2.24, 2.45) is 0 Å². The third kappa shape index (κ3) is 3.07. The van der Waals surface area contributed by atoms with Crippen LogP contribution in [0.5, 0.6) is 5.75 Å². The normalized spacial score (nSPS) is 14.1.